The second-order valence-corrected chi connectivity index (χ2v) is 6.41. The van der Waals surface area contributed by atoms with Crippen LogP contribution in [0.1, 0.15) is 68.7 Å². The summed E-state index contributed by atoms with van der Waals surface area (Å²) < 4.78 is 1.83. The van der Waals surface area contributed by atoms with Crippen LogP contribution in [0.2, 0.25) is 0 Å². The topological polar surface area (TPSA) is 75.4 Å². The number of aromatic nitrogens is 2. The average Bonchev–Trinajstić information content (AvgIpc) is 2.89. The molecule has 1 aromatic rings. The van der Waals surface area contributed by atoms with Crippen LogP contribution in [0.5, 0.6) is 0 Å². The second-order valence-electron chi connectivity index (χ2n) is 6.41. The first-order valence-corrected chi connectivity index (χ1v) is 8.50. The Labute approximate surface area is 137 Å². The van der Waals surface area contributed by atoms with Crippen LogP contribution in [-0.2, 0) is 4.79 Å². The van der Waals surface area contributed by atoms with E-state index >= 15 is 0 Å². The van der Waals surface area contributed by atoms with Crippen LogP contribution >= 0.6 is 0 Å². The zero-order chi connectivity index (χ0) is 17.1. The van der Waals surface area contributed by atoms with Gasteiger partial charge in [-0.1, -0.05) is 13.8 Å². The van der Waals surface area contributed by atoms with E-state index in [0.29, 0.717) is 18.7 Å². The zero-order valence-corrected chi connectivity index (χ0v) is 14.5. The van der Waals surface area contributed by atoms with Gasteiger partial charge in [-0.15, -0.1) is 0 Å². The lowest BCUT2D eigenvalue weighted by Crippen LogP contribution is -2.49. The molecule has 1 amide bonds. The molecule has 0 bridgehead atoms. The van der Waals surface area contributed by atoms with Crippen molar-refractivity contribution in [2.75, 3.05) is 6.54 Å². The molecule has 2 heterocycles. The molecule has 1 aromatic heterocycles. The van der Waals surface area contributed by atoms with Crippen molar-refractivity contribution in [3.8, 4) is 0 Å². The van der Waals surface area contributed by atoms with Gasteiger partial charge < -0.3 is 10.0 Å². The smallest absolute Gasteiger partial charge is 0.308 e. The van der Waals surface area contributed by atoms with Crippen molar-refractivity contribution in [1.82, 2.24) is 14.7 Å². The molecule has 2 atom stereocenters. The molecule has 0 unspecified atom stereocenters. The van der Waals surface area contributed by atoms with Crippen molar-refractivity contribution >= 4 is 11.9 Å². The highest BCUT2D eigenvalue weighted by Crippen LogP contribution is 2.27. The van der Waals surface area contributed by atoms with E-state index < -0.39 is 11.9 Å². The Balaban J connectivity index is 2.31. The van der Waals surface area contributed by atoms with Crippen LogP contribution < -0.4 is 0 Å². The van der Waals surface area contributed by atoms with E-state index in [0.717, 1.165) is 25.0 Å². The van der Waals surface area contributed by atoms with E-state index in [4.69, 9.17) is 0 Å². The second kappa shape index (κ2) is 7.15. The van der Waals surface area contributed by atoms with Gasteiger partial charge in [-0.05, 0) is 45.6 Å². The van der Waals surface area contributed by atoms with Gasteiger partial charge in [0.05, 0.1) is 17.7 Å². The molecule has 0 aromatic carbocycles. The van der Waals surface area contributed by atoms with Gasteiger partial charge >= 0.3 is 5.97 Å². The summed E-state index contributed by atoms with van der Waals surface area (Å²) >= 11 is 0. The van der Waals surface area contributed by atoms with Gasteiger partial charge in [0.1, 0.15) is 5.69 Å². The number of amides is 1. The highest BCUT2D eigenvalue weighted by molar-refractivity contribution is 5.93. The summed E-state index contributed by atoms with van der Waals surface area (Å²) in [6.45, 7) is 8.50. The summed E-state index contributed by atoms with van der Waals surface area (Å²) in [5, 5.41) is 13.8. The average molecular weight is 321 g/mol. The number of carboxylic acids is 1. The van der Waals surface area contributed by atoms with Crippen molar-refractivity contribution in [3.05, 3.63) is 17.5 Å². The molecular formula is C17H27N3O3. The Bertz CT molecular complexity index is 578. The lowest BCUT2D eigenvalue weighted by Gasteiger charge is -2.37. The van der Waals surface area contributed by atoms with Gasteiger partial charge in [-0.25, -0.2) is 0 Å². The van der Waals surface area contributed by atoms with E-state index in [9.17, 15) is 14.7 Å². The third-order valence-corrected chi connectivity index (χ3v) is 4.93. The number of hydrogen-bond acceptors (Lipinski definition) is 3. The van der Waals surface area contributed by atoms with Gasteiger partial charge in [-0.2, -0.15) is 5.10 Å². The molecule has 1 N–H and O–H groups in total. The van der Waals surface area contributed by atoms with Gasteiger partial charge in [0, 0.05) is 12.6 Å². The molecule has 6 nitrogen and oxygen atoms in total. The summed E-state index contributed by atoms with van der Waals surface area (Å²) in [6, 6.07) is 1.72. The van der Waals surface area contributed by atoms with Crippen molar-refractivity contribution in [2.24, 2.45) is 5.92 Å². The molecule has 0 aliphatic carbocycles. The molecule has 128 valence electrons. The summed E-state index contributed by atoms with van der Waals surface area (Å²) in [7, 11) is 0. The number of aliphatic carboxylic acids is 1. The fourth-order valence-electron chi connectivity index (χ4n) is 3.50. The minimum Gasteiger partial charge on any atom is -0.481 e. The monoisotopic (exact) mass is 321 g/mol. The van der Waals surface area contributed by atoms with Crippen molar-refractivity contribution in [2.45, 2.75) is 65.5 Å². The summed E-state index contributed by atoms with van der Waals surface area (Å²) in [6.07, 6.45) is 3.17. The maximum atomic E-state index is 13.0. The Morgan fingerprint density at radius 3 is 2.61 bits per heavy atom. The summed E-state index contributed by atoms with van der Waals surface area (Å²) in [4.78, 5) is 26.1. The van der Waals surface area contributed by atoms with Gasteiger partial charge in [0.15, 0.2) is 0 Å². The third-order valence-electron chi connectivity index (χ3n) is 4.93. The van der Waals surface area contributed by atoms with E-state index in [1.165, 1.54) is 0 Å². The molecule has 23 heavy (non-hydrogen) atoms. The first-order chi connectivity index (χ1) is 10.9. The van der Waals surface area contributed by atoms with Crippen molar-refractivity contribution in [1.29, 1.82) is 0 Å². The first-order valence-electron chi connectivity index (χ1n) is 8.50. The number of aryl methyl sites for hydroxylation is 1. The van der Waals surface area contributed by atoms with Crippen LogP contribution in [0.25, 0.3) is 0 Å². The van der Waals surface area contributed by atoms with Gasteiger partial charge in [-0.3, -0.25) is 14.3 Å². The normalized spacial score (nSPS) is 21.7. The number of carbonyl (C=O) groups excluding carboxylic acids is 1. The zero-order valence-electron chi connectivity index (χ0n) is 14.5. The molecule has 6 heteroatoms. The van der Waals surface area contributed by atoms with Crippen LogP contribution in [0.15, 0.2) is 6.07 Å². The molecular weight excluding hydrogens is 294 g/mol. The van der Waals surface area contributed by atoms with E-state index in [1.54, 1.807) is 4.90 Å². The number of hydrogen-bond donors (Lipinski definition) is 1. The maximum Gasteiger partial charge on any atom is 0.308 e. The Kier molecular flexibility index (Phi) is 5.44. The van der Waals surface area contributed by atoms with Crippen LogP contribution in [0.4, 0.5) is 0 Å². The predicted molar refractivity (Wildman–Crippen MR) is 87.4 cm³/mol. The highest BCUT2D eigenvalue weighted by atomic mass is 16.4. The molecule has 0 radical (unpaired) electrons. The molecule has 1 saturated heterocycles. The molecule has 0 saturated carbocycles. The largest absolute Gasteiger partial charge is 0.481 e. The lowest BCUT2D eigenvalue weighted by molar-refractivity contribution is -0.145. The SMILES string of the molecule is CCC(CC)n1nc(C)cc1C(=O)N1CCC[C@H](C(=O)O)[C@@H]1C. The van der Waals surface area contributed by atoms with Crippen molar-refractivity contribution < 1.29 is 14.7 Å². The Morgan fingerprint density at radius 1 is 1.39 bits per heavy atom. The van der Waals surface area contributed by atoms with E-state index in [1.807, 2.05) is 24.6 Å². The lowest BCUT2D eigenvalue weighted by atomic mass is 9.90. The predicted octanol–water partition coefficient (Wildman–Crippen LogP) is 2.88. The number of carboxylic acid groups (broad SMARTS) is 1. The number of rotatable bonds is 5. The minimum atomic E-state index is -0.820. The standard InChI is InChI=1S/C17H27N3O3/c1-5-13(6-2)20-15(10-11(3)18-20)16(21)19-9-7-8-14(12(19)4)17(22)23/h10,12-14H,5-9H2,1-4H3,(H,22,23)/t12-,14-/m0/s1. The first kappa shape index (κ1) is 17.5. The Hall–Kier alpha value is -1.85. The van der Waals surface area contributed by atoms with Crippen LogP contribution in [0.3, 0.4) is 0 Å². The van der Waals surface area contributed by atoms with Crippen molar-refractivity contribution in [3.63, 3.8) is 0 Å². The number of carbonyl (C=O) groups is 2. The minimum absolute atomic E-state index is 0.101. The molecule has 1 aliphatic rings. The van der Waals surface area contributed by atoms with E-state index in [2.05, 4.69) is 18.9 Å². The fraction of sp³-hybridized carbons (Fsp3) is 0.706. The van der Waals surface area contributed by atoms with Crippen LogP contribution in [-0.4, -0.2) is 44.3 Å². The summed E-state index contributed by atoms with van der Waals surface area (Å²) in [5.74, 6) is -1.41. The maximum absolute atomic E-state index is 13.0. The van der Waals surface area contributed by atoms with Crippen LogP contribution in [0, 0.1) is 12.8 Å². The molecule has 2 rings (SSSR count). The molecule has 1 aliphatic heterocycles. The number of nitrogens with zero attached hydrogens (tertiary/aromatic N) is 3. The fourth-order valence-corrected chi connectivity index (χ4v) is 3.50. The number of likely N-dealkylation sites (tertiary alicyclic amines) is 1. The van der Waals surface area contributed by atoms with E-state index in [-0.39, 0.29) is 18.0 Å². The van der Waals surface area contributed by atoms with Gasteiger partial charge in [0.2, 0.25) is 0 Å². The number of piperidine rings is 1. The highest BCUT2D eigenvalue weighted by Gasteiger charge is 2.37. The molecule has 1 fully saturated rings. The Morgan fingerprint density at radius 2 is 2.04 bits per heavy atom. The van der Waals surface area contributed by atoms with Gasteiger partial charge in [0.25, 0.3) is 5.91 Å². The quantitative estimate of drug-likeness (QED) is 0.905. The third kappa shape index (κ3) is 3.41. The summed E-state index contributed by atoms with van der Waals surface area (Å²) in [5.41, 5.74) is 1.40. The molecule has 0 spiro atoms.